The van der Waals surface area contributed by atoms with Gasteiger partial charge in [0.25, 0.3) is 0 Å². The minimum atomic E-state index is 0. The highest BCUT2D eigenvalue weighted by molar-refractivity contribution is 9.10. The van der Waals surface area contributed by atoms with Gasteiger partial charge in [-0.3, -0.25) is 4.79 Å². The molecule has 0 fully saturated rings. The molecule has 0 bridgehead atoms. The van der Waals surface area contributed by atoms with Crippen molar-refractivity contribution < 1.29 is 4.79 Å². The largest absolute Gasteiger partial charge is 0.356 e. The minimum absolute atomic E-state index is 0. The van der Waals surface area contributed by atoms with E-state index in [0.29, 0.717) is 13.0 Å². The first-order chi connectivity index (χ1) is 8.74. The molecule has 0 heterocycles. The molecule has 108 valence electrons. The normalized spacial score (nSPS) is 9.79. The summed E-state index contributed by atoms with van der Waals surface area (Å²) < 4.78 is 1.14. The van der Waals surface area contributed by atoms with E-state index in [1.807, 2.05) is 23.9 Å². The van der Waals surface area contributed by atoms with Gasteiger partial charge >= 0.3 is 0 Å². The second-order valence-electron chi connectivity index (χ2n) is 3.87. The van der Waals surface area contributed by atoms with E-state index in [1.54, 1.807) is 0 Å². The number of benzene rings is 1. The molecule has 0 unspecified atom stereocenters. The van der Waals surface area contributed by atoms with Gasteiger partial charge in [0.05, 0.1) is 0 Å². The molecule has 0 aliphatic heterocycles. The number of hydrogen-bond acceptors (Lipinski definition) is 3. The van der Waals surface area contributed by atoms with Gasteiger partial charge in [-0.05, 0) is 46.7 Å². The zero-order valence-electron chi connectivity index (χ0n) is 10.7. The maximum absolute atomic E-state index is 11.1. The monoisotopic (exact) mass is 366 g/mol. The highest BCUT2D eigenvalue weighted by Gasteiger charge is 2.00. The van der Waals surface area contributed by atoms with Crippen LogP contribution in [0.2, 0.25) is 0 Å². The molecule has 0 aliphatic carbocycles. The average Bonchev–Trinajstić information content (AvgIpc) is 2.36. The predicted octanol–water partition coefficient (Wildman–Crippen LogP) is 3.21. The average molecular weight is 368 g/mol. The molecular weight excluding hydrogens is 348 g/mol. The SMILES string of the molecule is Cl.NCCC(=O)NCCCCSc1ccccc1Br. The molecule has 1 amide bonds. The molecule has 0 atom stereocenters. The maximum atomic E-state index is 11.1. The number of amides is 1. The summed E-state index contributed by atoms with van der Waals surface area (Å²) >= 11 is 5.36. The minimum Gasteiger partial charge on any atom is -0.356 e. The summed E-state index contributed by atoms with van der Waals surface area (Å²) in [6.07, 6.45) is 2.52. The number of carbonyl (C=O) groups excluding carboxylic acids is 1. The van der Waals surface area contributed by atoms with Crippen LogP contribution in [0.15, 0.2) is 33.6 Å². The first kappa shape index (κ1) is 18.8. The Hall–Kier alpha value is -0.230. The van der Waals surface area contributed by atoms with Crippen LogP contribution in [0.3, 0.4) is 0 Å². The first-order valence-corrected chi connectivity index (χ1v) is 7.86. The van der Waals surface area contributed by atoms with Gasteiger partial charge in [-0.2, -0.15) is 0 Å². The van der Waals surface area contributed by atoms with Crippen molar-refractivity contribution in [3.63, 3.8) is 0 Å². The molecule has 6 heteroatoms. The van der Waals surface area contributed by atoms with Crippen molar-refractivity contribution >= 4 is 46.0 Å². The number of hydrogen-bond donors (Lipinski definition) is 2. The number of nitrogens with one attached hydrogen (secondary N) is 1. The fourth-order valence-electron chi connectivity index (χ4n) is 1.42. The maximum Gasteiger partial charge on any atom is 0.221 e. The topological polar surface area (TPSA) is 55.1 Å². The molecule has 1 rings (SSSR count). The van der Waals surface area contributed by atoms with E-state index >= 15 is 0 Å². The Morgan fingerprint density at radius 1 is 1.32 bits per heavy atom. The number of halogens is 2. The number of rotatable bonds is 8. The number of thioether (sulfide) groups is 1. The number of unbranched alkanes of at least 4 members (excludes halogenated alkanes) is 1. The molecule has 0 spiro atoms. The van der Waals surface area contributed by atoms with Crippen LogP contribution >= 0.6 is 40.1 Å². The third-order valence-corrected chi connectivity index (χ3v) is 4.47. The lowest BCUT2D eigenvalue weighted by atomic mass is 10.3. The van der Waals surface area contributed by atoms with Crippen LogP contribution in [-0.4, -0.2) is 24.7 Å². The summed E-state index contributed by atoms with van der Waals surface area (Å²) in [4.78, 5) is 12.4. The van der Waals surface area contributed by atoms with Gasteiger partial charge in [0, 0.05) is 28.9 Å². The van der Waals surface area contributed by atoms with E-state index in [4.69, 9.17) is 5.73 Å². The van der Waals surface area contributed by atoms with Crippen molar-refractivity contribution in [1.29, 1.82) is 0 Å². The summed E-state index contributed by atoms with van der Waals surface area (Å²) in [5.41, 5.74) is 5.29. The van der Waals surface area contributed by atoms with Crippen molar-refractivity contribution in [1.82, 2.24) is 5.32 Å². The number of carbonyl (C=O) groups is 1. The molecule has 3 N–H and O–H groups in total. The van der Waals surface area contributed by atoms with Gasteiger partial charge in [-0.15, -0.1) is 24.2 Å². The third-order valence-electron chi connectivity index (χ3n) is 2.36. The summed E-state index contributed by atoms with van der Waals surface area (Å²) in [6.45, 7) is 1.17. The Kier molecular flexibility index (Phi) is 11.4. The Bertz CT molecular complexity index is 379. The lowest BCUT2D eigenvalue weighted by Crippen LogP contribution is -2.26. The van der Waals surface area contributed by atoms with Gasteiger partial charge in [0.1, 0.15) is 0 Å². The molecule has 0 radical (unpaired) electrons. The Labute approximate surface area is 133 Å². The lowest BCUT2D eigenvalue weighted by Gasteiger charge is -2.05. The van der Waals surface area contributed by atoms with Crippen LogP contribution in [-0.2, 0) is 4.79 Å². The van der Waals surface area contributed by atoms with Crippen molar-refractivity contribution in [2.75, 3.05) is 18.8 Å². The van der Waals surface area contributed by atoms with Crippen LogP contribution < -0.4 is 11.1 Å². The molecule has 0 aliphatic rings. The van der Waals surface area contributed by atoms with E-state index in [0.717, 1.165) is 29.6 Å². The van der Waals surface area contributed by atoms with Gasteiger partial charge in [-0.1, -0.05) is 12.1 Å². The molecule has 1 aromatic carbocycles. The standard InChI is InChI=1S/C13H19BrN2OS.ClH/c14-11-5-1-2-6-12(11)18-10-4-3-9-16-13(17)7-8-15;/h1-2,5-6H,3-4,7-10,15H2,(H,16,17);1H. The Balaban J connectivity index is 0.00000324. The van der Waals surface area contributed by atoms with Gasteiger partial charge < -0.3 is 11.1 Å². The van der Waals surface area contributed by atoms with Crippen molar-refractivity contribution in [2.45, 2.75) is 24.2 Å². The van der Waals surface area contributed by atoms with Gasteiger partial charge in [0.2, 0.25) is 5.91 Å². The predicted molar refractivity (Wildman–Crippen MR) is 88.0 cm³/mol. The molecular formula is C13H20BrClN2OS. The smallest absolute Gasteiger partial charge is 0.221 e. The molecule has 0 saturated heterocycles. The van der Waals surface area contributed by atoms with Crippen molar-refractivity contribution in [3.8, 4) is 0 Å². The zero-order valence-corrected chi connectivity index (χ0v) is 14.0. The quantitative estimate of drug-likeness (QED) is 0.548. The van der Waals surface area contributed by atoms with Gasteiger partial charge in [-0.25, -0.2) is 0 Å². The van der Waals surface area contributed by atoms with Crippen molar-refractivity contribution in [3.05, 3.63) is 28.7 Å². The summed E-state index contributed by atoms with van der Waals surface area (Å²) in [7, 11) is 0. The number of nitrogens with two attached hydrogens (primary N) is 1. The Morgan fingerprint density at radius 3 is 2.74 bits per heavy atom. The van der Waals surface area contributed by atoms with E-state index in [9.17, 15) is 4.79 Å². The highest BCUT2D eigenvalue weighted by Crippen LogP contribution is 2.27. The summed E-state index contributed by atoms with van der Waals surface area (Å²) in [5, 5.41) is 2.86. The first-order valence-electron chi connectivity index (χ1n) is 6.08. The van der Waals surface area contributed by atoms with Crippen LogP contribution in [0, 0.1) is 0 Å². The van der Waals surface area contributed by atoms with Crippen LogP contribution in [0.1, 0.15) is 19.3 Å². The van der Waals surface area contributed by atoms with E-state index in [-0.39, 0.29) is 18.3 Å². The zero-order chi connectivity index (χ0) is 13.2. The summed E-state index contributed by atoms with van der Waals surface area (Å²) in [5.74, 6) is 1.12. The van der Waals surface area contributed by atoms with Crippen LogP contribution in [0.4, 0.5) is 0 Å². The van der Waals surface area contributed by atoms with E-state index in [2.05, 4.69) is 33.4 Å². The fraction of sp³-hybridized carbons (Fsp3) is 0.462. The lowest BCUT2D eigenvalue weighted by molar-refractivity contribution is -0.120. The molecule has 1 aromatic rings. The Morgan fingerprint density at radius 2 is 2.05 bits per heavy atom. The van der Waals surface area contributed by atoms with E-state index < -0.39 is 0 Å². The van der Waals surface area contributed by atoms with Crippen LogP contribution in [0.25, 0.3) is 0 Å². The molecule has 19 heavy (non-hydrogen) atoms. The second-order valence-corrected chi connectivity index (χ2v) is 5.87. The van der Waals surface area contributed by atoms with E-state index in [1.165, 1.54) is 4.90 Å². The van der Waals surface area contributed by atoms with Crippen molar-refractivity contribution in [2.24, 2.45) is 5.73 Å². The highest BCUT2D eigenvalue weighted by atomic mass is 79.9. The third kappa shape index (κ3) is 8.52. The summed E-state index contributed by atoms with van der Waals surface area (Å²) in [6, 6.07) is 8.22. The molecule has 0 saturated carbocycles. The second kappa shape index (κ2) is 11.6. The van der Waals surface area contributed by atoms with Gasteiger partial charge in [0.15, 0.2) is 0 Å². The van der Waals surface area contributed by atoms with Crippen LogP contribution in [0.5, 0.6) is 0 Å². The fourth-order valence-corrected chi connectivity index (χ4v) is 3.00. The molecule has 3 nitrogen and oxygen atoms in total. The molecule has 0 aromatic heterocycles.